The molecule has 5 rings (SSSR count). The van der Waals surface area contributed by atoms with Gasteiger partial charge in [-0.1, -0.05) is 19.8 Å². The molecule has 162 valence electrons. The fourth-order valence-corrected chi connectivity index (χ4v) is 4.68. The molecule has 1 saturated heterocycles. The summed E-state index contributed by atoms with van der Waals surface area (Å²) in [6.45, 7) is 5.89. The third-order valence-electron chi connectivity index (χ3n) is 6.34. The lowest BCUT2D eigenvalue weighted by molar-refractivity contribution is 0.0977. The Balaban J connectivity index is 1.42. The van der Waals surface area contributed by atoms with Crippen LogP contribution in [0.15, 0.2) is 30.6 Å². The van der Waals surface area contributed by atoms with Gasteiger partial charge in [0.15, 0.2) is 5.78 Å². The zero-order chi connectivity index (χ0) is 21.2. The quantitative estimate of drug-likeness (QED) is 0.589. The first kappa shape index (κ1) is 19.9. The van der Waals surface area contributed by atoms with Crippen LogP contribution in [0.1, 0.15) is 55.6 Å². The number of ketones is 1. The Morgan fingerprint density at radius 1 is 1.16 bits per heavy atom. The first-order valence-electron chi connectivity index (χ1n) is 11.3. The highest BCUT2D eigenvalue weighted by molar-refractivity contribution is 5.99. The summed E-state index contributed by atoms with van der Waals surface area (Å²) in [6, 6.07) is 6.33. The van der Waals surface area contributed by atoms with E-state index in [9.17, 15) is 4.79 Å². The number of aromatic nitrogens is 4. The van der Waals surface area contributed by atoms with E-state index in [0.29, 0.717) is 24.2 Å². The van der Waals surface area contributed by atoms with Crippen LogP contribution >= 0.6 is 0 Å². The molecule has 2 aliphatic rings. The van der Waals surface area contributed by atoms with E-state index in [1.807, 2.05) is 25.3 Å². The number of hydrogen-bond donors (Lipinski definition) is 2. The molecule has 0 spiro atoms. The predicted octanol–water partition coefficient (Wildman–Crippen LogP) is 3.69. The monoisotopic (exact) mass is 419 g/mol. The highest BCUT2D eigenvalue weighted by Gasteiger charge is 2.25. The molecule has 0 unspecified atom stereocenters. The lowest BCUT2D eigenvalue weighted by atomic mass is 10.2. The summed E-state index contributed by atoms with van der Waals surface area (Å²) in [6.07, 6.45) is 8.77. The second kappa shape index (κ2) is 8.63. The second-order valence-corrected chi connectivity index (χ2v) is 8.35. The average molecular weight is 420 g/mol. The Bertz CT molecular complexity index is 1060. The average Bonchev–Trinajstić information content (AvgIpc) is 3.47. The molecule has 2 N–H and O–H groups in total. The van der Waals surface area contributed by atoms with E-state index in [4.69, 9.17) is 4.98 Å². The van der Waals surface area contributed by atoms with Crippen molar-refractivity contribution in [3.8, 4) is 0 Å². The minimum atomic E-state index is 0.157. The number of carbonyl (C=O) groups is 1. The molecule has 0 amide bonds. The van der Waals surface area contributed by atoms with Crippen LogP contribution in [-0.4, -0.2) is 51.5 Å². The van der Waals surface area contributed by atoms with E-state index >= 15 is 0 Å². The Kier molecular flexibility index (Phi) is 5.55. The number of rotatable bonds is 6. The number of nitrogens with zero attached hydrogens (tertiary/aromatic N) is 5. The number of hydrogen-bond acceptors (Lipinski definition) is 7. The Hall–Kier alpha value is -3.00. The maximum absolute atomic E-state index is 12.6. The second-order valence-electron chi connectivity index (χ2n) is 8.35. The largest absolute Gasteiger partial charge is 0.368 e. The number of nitrogens with one attached hydrogen (secondary N) is 2. The van der Waals surface area contributed by atoms with Gasteiger partial charge in [0.25, 0.3) is 0 Å². The minimum absolute atomic E-state index is 0.157. The van der Waals surface area contributed by atoms with Crippen molar-refractivity contribution < 1.29 is 4.79 Å². The van der Waals surface area contributed by atoms with Gasteiger partial charge in [0.2, 0.25) is 5.95 Å². The lowest BCUT2D eigenvalue weighted by Gasteiger charge is -2.29. The number of pyridine rings is 1. The highest BCUT2D eigenvalue weighted by Crippen LogP contribution is 2.35. The maximum Gasteiger partial charge on any atom is 0.230 e. The molecular formula is C23H29N7O. The molecule has 0 aromatic carbocycles. The van der Waals surface area contributed by atoms with Crippen molar-refractivity contribution >= 4 is 34.3 Å². The normalized spacial score (nSPS) is 17.4. The van der Waals surface area contributed by atoms with Crippen LogP contribution in [-0.2, 0) is 0 Å². The SMILES string of the molecule is CCC(=O)c1cc2cnc(Nc3ccc(N4CCNCC4)cn3)nc2n1C1CCCC1. The van der Waals surface area contributed by atoms with Crippen LogP contribution in [0.5, 0.6) is 0 Å². The fraction of sp³-hybridized carbons (Fsp3) is 0.478. The third-order valence-corrected chi connectivity index (χ3v) is 6.34. The van der Waals surface area contributed by atoms with Gasteiger partial charge < -0.3 is 20.1 Å². The Morgan fingerprint density at radius 3 is 2.68 bits per heavy atom. The summed E-state index contributed by atoms with van der Waals surface area (Å²) < 4.78 is 2.15. The van der Waals surface area contributed by atoms with Crippen LogP contribution in [0.25, 0.3) is 11.0 Å². The molecule has 0 bridgehead atoms. The molecule has 3 aromatic rings. The van der Waals surface area contributed by atoms with Crippen molar-refractivity contribution in [1.82, 2.24) is 24.8 Å². The Morgan fingerprint density at radius 2 is 1.97 bits per heavy atom. The number of anilines is 3. The topological polar surface area (TPSA) is 88.0 Å². The van der Waals surface area contributed by atoms with Crippen LogP contribution in [0.2, 0.25) is 0 Å². The van der Waals surface area contributed by atoms with E-state index in [0.717, 1.165) is 61.4 Å². The zero-order valence-corrected chi connectivity index (χ0v) is 18.0. The molecular weight excluding hydrogens is 390 g/mol. The van der Waals surface area contributed by atoms with E-state index in [1.54, 1.807) is 6.20 Å². The van der Waals surface area contributed by atoms with Crippen molar-refractivity contribution in [3.63, 3.8) is 0 Å². The standard InChI is InChI=1S/C23H29N7O/c1-2-20(31)19-13-16-14-26-23(28-22(16)30(19)17-5-3-4-6-17)27-21-8-7-18(15-25-21)29-11-9-24-10-12-29/h7-8,13-15,17,24H,2-6,9-12H2,1H3,(H,25,26,27,28). The zero-order valence-electron chi connectivity index (χ0n) is 18.0. The first-order chi connectivity index (χ1) is 15.2. The number of piperazine rings is 1. The summed E-state index contributed by atoms with van der Waals surface area (Å²) in [5.74, 6) is 1.37. The van der Waals surface area contributed by atoms with E-state index in [-0.39, 0.29) is 5.78 Å². The summed E-state index contributed by atoms with van der Waals surface area (Å²) in [7, 11) is 0. The molecule has 2 fully saturated rings. The first-order valence-corrected chi connectivity index (χ1v) is 11.3. The van der Waals surface area contributed by atoms with Crippen LogP contribution in [0.3, 0.4) is 0 Å². The van der Waals surface area contributed by atoms with Crippen LogP contribution < -0.4 is 15.5 Å². The van der Waals surface area contributed by atoms with E-state index < -0.39 is 0 Å². The summed E-state index contributed by atoms with van der Waals surface area (Å²) in [4.78, 5) is 28.8. The van der Waals surface area contributed by atoms with Gasteiger partial charge in [0.05, 0.1) is 17.6 Å². The van der Waals surface area contributed by atoms with Gasteiger partial charge >= 0.3 is 0 Å². The van der Waals surface area contributed by atoms with Crippen molar-refractivity contribution in [2.75, 3.05) is 36.4 Å². The van der Waals surface area contributed by atoms with Crippen molar-refractivity contribution in [3.05, 3.63) is 36.3 Å². The third kappa shape index (κ3) is 3.99. The van der Waals surface area contributed by atoms with Gasteiger partial charge in [-0.15, -0.1) is 0 Å². The Labute approximate surface area is 182 Å². The molecule has 1 aliphatic carbocycles. The van der Waals surface area contributed by atoms with Crippen molar-refractivity contribution in [2.24, 2.45) is 0 Å². The van der Waals surface area contributed by atoms with Gasteiger partial charge in [-0.25, -0.2) is 9.97 Å². The van der Waals surface area contributed by atoms with Gasteiger partial charge in [-0.05, 0) is 31.0 Å². The van der Waals surface area contributed by atoms with Crippen LogP contribution in [0.4, 0.5) is 17.5 Å². The van der Waals surface area contributed by atoms with E-state index in [1.165, 1.54) is 12.8 Å². The van der Waals surface area contributed by atoms with Crippen LogP contribution in [0, 0.1) is 0 Å². The molecule has 8 heteroatoms. The molecule has 0 radical (unpaired) electrons. The summed E-state index contributed by atoms with van der Waals surface area (Å²) >= 11 is 0. The lowest BCUT2D eigenvalue weighted by Crippen LogP contribution is -2.43. The summed E-state index contributed by atoms with van der Waals surface area (Å²) in [5.41, 5.74) is 2.72. The predicted molar refractivity (Wildman–Crippen MR) is 122 cm³/mol. The molecule has 4 heterocycles. The van der Waals surface area contributed by atoms with Gasteiger partial charge in [-0.2, -0.15) is 4.98 Å². The molecule has 3 aromatic heterocycles. The van der Waals surface area contributed by atoms with Crippen molar-refractivity contribution in [2.45, 2.75) is 45.1 Å². The number of carbonyl (C=O) groups excluding carboxylic acids is 1. The van der Waals surface area contributed by atoms with E-state index in [2.05, 4.69) is 36.1 Å². The highest BCUT2D eigenvalue weighted by atomic mass is 16.1. The molecule has 31 heavy (non-hydrogen) atoms. The van der Waals surface area contributed by atoms with Gasteiger partial charge in [-0.3, -0.25) is 4.79 Å². The minimum Gasteiger partial charge on any atom is -0.368 e. The molecule has 1 saturated carbocycles. The van der Waals surface area contributed by atoms with Crippen molar-refractivity contribution in [1.29, 1.82) is 0 Å². The maximum atomic E-state index is 12.6. The number of fused-ring (bicyclic) bond motifs is 1. The molecule has 8 nitrogen and oxygen atoms in total. The van der Waals surface area contributed by atoms with Gasteiger partial charge in [0.1, 0.15) is 11.5 Å². The molecule has 0 atom stereocenters. The van der Waals surface area contributed by atoms with Gasteiger partial charge in [0, 0.05) is 50.2 Å². The molecule has 1 aliphatic heterocycles. The summed E-state index contributed by atoms with van der Waals surface area (Å²) in [5, 5.41) is 7.51. The fourth-order valence-electron chi connectivity index (χ4n) is 4.68. The number of Topliss-reactive ketones (excluding diaryl/α,β-unsaturated/α-hetero) is 1. The smallest absolute Gasteiger partial charge is 0.230 e.